The van der Waals surface area contributed by atoms with Crippen molar-refractivity contribution >= 4 is 5.97 Å². The third kappa shape index (κ3) is 23.2. The maximum absolute atomic E-state index is 11.0. The van der Waals surface area contributed by atoms with Crippen LogP contribution in [0.2, 0.25) is 0 Å². The molecule has 0 unspecified atom stereocenters. The molecule has 0 aliphatic heterocycles. The van der Waals surface area contributed by atoms with Gasteiger partial charge in [-0.1, -0.05) is 115 Å². The molecule has 0 aromatic rings. The smallest absolute Gasteiger partial charge is 0.305 e. The molecular weight excluding hydrogens is 344 g/mol. The minimum absolute atomic E-state index is 0.0656. The summed E-state index contributed by atoms with van der Waals surface area (Å²) in [4.78, 5) is 11.0. The highest BCUT2D eigenvalue weighted by Gasteiger charge is 1.99. The van der Waals surface area contributed by atoms with E-state index in [1.54, 1.807) is 0 Å². The zero-order valence-electron chi connectivity index (χ0n) is 19.3. The molecule has 0 bridgehead atoms. The zero-order chi connectivity index (χ0) is 20.5. The van der Waals surface area contributed by atoms with E-state index in [4.69, 9.17) is 0 Å². The van der Waals surface area contributed by atoms with Crippen LogP contribution in [-0.4, -0.2) is 13.1 Å². The predicted octanol–water partition coefficient (Wildman–Crippen LogP) is 8.93. The lowest BCUT2D eigenvalue weighted by Crippen LogP contribution is -1.99. The Morgan fingerprint density at radius 3 is 1.32 bits per heavy atom. The molecule has 0 radical (unpaired) electrons. The fourth-order valence-corrected chi connectivity index (χ4v) is 3.68. The standard InChI is InChI=1S/C26H50O2/c1-3-4-5-6-7-8-9-10-11-12-13-14-15-16-17-18-19-20-21-22-23-24-25-26(27)28-2/h10-11H,3-9,12-25H2,1-2H3/b11-10-. The molecule has 0 saturated carbocycles. The van der Waals surface area contributed by atoms with Crippen LogP contribution in [0.15, 0.2) is 12.2 Å². The van der Waals surface area contributed by atoms with Gasteiger partial charge in [-0.25, -0.2) is 0 Å². The first-order chi connectivity index (χ1) is 13.8. The number of carbonyl (C=O) groups is 1. The summed E-state index contributed by atoms with van der Waals surface area (Å²) in [7, 11) is 1.47. The Hall–Kier alpha value is -0.790. The first-order valence-corrected chi connectivity index (χ1v) is 12.5. The number of esters is 1. The normalized spacial score (nSPS) is 11.4. The minimum Gasteiger partial charge on any atom is -0.469 e. The fourth-order valence-electron chi connectivity index (χ4n) is 3.68. The lowest BCUT2D eigenvalue weighted by molar-refractivity contribution is -0.140. The van der Waals surface area contributed by atoms with Crippen LogP contribution in [-0.2, 0) is 9.53 Å². The molecule has 0 aromatic heterocycles. The summed E-state index contributed by atoms with van der Waals surface area (Å²) in [6.45, 7) is 2.28. The van der Waals surface area contributed by atoms with Crippen LogP contribution in [0.25, 0.3) is 0 Å². The van der Waals surface area contributed by atoms with E-state index >= 15 is 0 Å². The average molecular weight is 395 g/mol. The largest absolute Gasteiger partial charge is 0.469 e. The summed E-state index contributed by atoms with van der Waals surface area (Å²) in [5.41, 5.74) is 0. The van der Waals surface area contributed by atoms with Gasteiger partial charge in [-0.05, 0) is 32.1 Å². The monoisotopic (exact) mass is 394 g/mol. The number of hydrogen-bond donors (Lipinski definition) is 0. The first-order valence-electron chi connectivity index (χ1n) is 12.5. The third-order valence-corrected chi connectivity index (χ3v) is 5.62. The van der Waals surface area contributed by atoms with Crippen LogP contribution in [0.5, 0.6) is 0 Å². The van der Waals surface area contributed by atoms with E-state index in [-0.39, 0.29) is 5.97 Å². The number of hydrogen-bond acceptors (Lipinski definition) is 2. The molecule has 0 aliphatic carbocycles. The molecular formula is C26H50O2. The molecule has 0 spiro atoms. The quantitative estimate of drug-likeness (QED) is 0.104. The molecule has 0 rings (SSSR count). The summed E-state index contributed by atoms with van der Waals surface area (Å²) in [5, 5.41) is 0. The molecule has 2 heteroatoms. The highest BCUT2D eigenvalue weighted by atomic mass is 16.5. The second kappa shape index (κ2) is 24.2. The van der Waals surface area contributed by atoms with Gasteiger partial charge in [0.15, 0.2) is 0 Å². The molecule has 0 aliphatic rings. The number of carbonyl (C=O) groups excluding carboxylic acids is 1. The average Bonchev–Trinajstić information content (AvgIpc) is 2.71. The zero-order valence-corrected chi connectivity index (χ0v) is 19.3. The van der Waals surface area contributed by atoms with E-state index in [1.807, 2.05) is 0 Å². The molecule has 2 nitrogen and oxygen atoms in total. The molecule has 166 valence electrons. The maximum atomic E-state index is 11.0. The highest BCUT2D eigenvalue weighted by molar-refractivity contribution is 5.68. The fraction of sp³-hybridized carbons (Fsp3) is 0.885. The van der Waals surface area contributed by atoms with Crippen LogP contribution in [0.1, 0.15) is 142 Å². The van der Waals surface area contributed by atoms with E-state index in [0.29, 0.717) is 6.42 Å². The van der Waals surface area contributed by atoms with Crippen molar-refractivity contribution in [1.82, 2.24) is 0 Å². The second-order valence-electron chi connectivity index (χ2n) is 8.39. The Kier molecular flexibility index (Phi) is 23.6. The third-order valence-electron chi connectivity index (χ3n) is 5.62. The van der Waals surface area contributed by atoms with Gasteiger partial charge in [0.25, 0.3) is 0 Å². The Balaban J connectivity index is 3.08. The topological polar surface area (TPSA) is 26.3 Å². The first kappa shape index (κ1) is 27.2. The Bertz CT molecular complexity index is 335. The van der Waals surface area contributed by atoms with E-state index < -0.39 is 0 Å². The number of allylic oxidation sites excluding steroid dienone is 2. The lowest BCUT2D eigenvalue weighted by atomic mass is 10.0. The molecule has 0 amide bonds. The van der Waals surface area contributed by atoms with Crippen molar-refractivity contribution in [3.8, 4) is 0 Å². The highest BCUT2D eigenvalue weighted by Crippen LogP contribution is 2.13. The molecule has 0 atom stereocenters. The van der Waals surface area contributed by atoms with Crippen molar-refractivity contribution in [1.29, 1.82) is 0 Å². The Labute approximate surface area is 176 Å². The molecule has 0 N–H and O–H groups in total. The summed E-state index contributed by atoms with van der Waals surface area (Å²) in [6.07, 6.45) is 32.3. The van der Waals surface area contributed by atoms with Crippen molar-refractivity contribution in [2.45, 2.75) is 142 Å². The van der Waals surface area contributed by atoms with Crippen LogP contribution >= 0.6 is 0 Å². The molecule has 28 heavy (non-hydrogen) atoms. The van der Waals surface area contributed by atoms with Gasteiger partial charge in [-0.3, -0.25) is 4.79 Å². The van der Waals surface area contributed by atoms with E-state index in [0.717, 1.165) is 6.42 Å². The van der Waals surface area contributed by atoms with Gasteiger partial charge in [0.2, 0.25) is 0 Å². The molecule has 0 aromatic carbocycles. The lowest BCUT2D eigenvalue weighted by Gasteiger charge is -2.03. The van der Waals surface area contributed by atoms with Crippen LogP contribution in [0.4, 0.5) is 0 Å². The Morgan fingerprint density at radius 1 is 0.571 bits per heavy atom. The van der Waals surface area contributed by atoms with Gasteiger partial charge in [-0.2, -0.15) is 0 Å². The second-order valence-corrected chi connectivity index (χ2v) is 8.39. The van der Waals surface area contributed by atoms with Gasteiger partial charge in [-0.15, -0.1) is 0 Å². The van der Waals surface area contributed by atoms with Crippen molar-refractivity contribution in [3.63, 3.8) is 0 Å². The van der Waals surface area contributed by atoms with E-state index in [1.165, 1.54) is 129 Å². The van der Waals surface area contributed by atoms with Crippen LogP contribution in [0.3, 0.4) is 0 Å². The summed E-state index contributed by atoms with van der Waals surface area (Å²) in [5.74, 6) is -0.0656. The summed E-state index contributed by atoms with van der Waals surface area (Å²) >= 11 is 0. The van der Waals surface area contributed by atoms with E-state index in [9.17, 15) is 4.79 Å². The maximum Gasteiger partial charge on any atom is 0.305 e. The van der Waals surface area contributed by atoms with Crippen molar-refractivity contribution in [3.05, 3.63) is 12.2 Å². The van der Waals surface area contributed by atoms with Crippen LogP contribution in [0, 0.1) is 0 Å². The predicted molar refractivity (Wildman–Crippen MR) is 124 cm³/mol. The van der Waals surface area contributed by atoms with Gasteiger partial charge in [0, 0.05) is 6.42 Å². The number of rotatable bonds is 22. The number of ether oxygens (including phenoxy) is 1. The Morgan fingerprint density at radius 2 is 0.929 bits per heavy atom. The summed E-state index contributed by atoms with van der Waals surface area (Å²) in [6, 6.07) is 0. The SMILES string of the molecule is CCCCCCCC/C=C\CCCCCCCCCCCCCCC(=O)OC. The van der Waals surface area contributed by atoms with Gasteiger partial charge < -0.3 is 4.74 Å². The molecule has 0 fully saturated rings. The number of unbranched alkanes of at least 4 members (excludes halogenated alkanes) is 18. The van der Waals surface area contributed by atoms with Crippen molar-refractivity contribution in [2.75, 3.05) is 7.11 Å². The van der Waals surface area contributed by atoms with Crippen LogP contribution < -0.4 is 0 Å². The van der Waals surface area contributed by atoms with Gasteiger partial charge >= 0.3 is 5.97 Å². The van der Waals surface area contributed by atoms with Crippen molar-refractivity contribution in [2.24, 2.45) is 0 Å². The number of methoxy groups -OCH3 is 1. The minimum atomic E-state index is -0.0656. The molecule has 0 heterocycles. The van der Waals surface area contributed by atoms with E-state index in [2.05, 4.69) is 23.8 Å². The van der Waals surface area contributed by atoms with Gasteiger partial charge in [0.1, 0.15) is 0 Å². The molecule has 0 saturated heterocycles. The summed E-state index contributed by atoms with van der Waals surface area (Å²) < 4.78 is 4.65. The van der Waals surface area contributed by atoms with Crippen molar-refractivity contribution < 1.29 is 9.53 Å². The van der Waals surface area contributed by atoms with Gasteiger partial charge in [0.05, 0.1) is 7.11 Å².